The van der Waals surface area contributed by atoms with Gasteiger partial charge in [0.15, 0.2) is 17.1 Å². The Morgan fingerprint density at radius 1 is 1.15 bits per heavy atom. The third-order valence-electron chi connectivity index (χ3n) is 4.49. The molecule has 134 valence electrons. The van der Waals surface area contributed by atoms with Crippen LogP contribution in [0.4, 0.5) is 0 Å². The lowest BCUT2D eigenvalue weighted by molar-refractivity contribution is -0.138. The molecule has 0 radical (unpaired) electrons. The highest BCUT2D eigenvalue weighted by atomic mass is 16.5. The first-order chi connectivity index (χ1) is 13.1. The molecule has 1 aromatic carbocycles. The smallest absolute Gasteiger partial charge is 0.315 e. The summed E-state index contributed by atoms with van der Waals surface area (Å²) in [6.07, 6.45) is 2.46. The maximum atomic E-state index is 12.7. The molecule has 27 heavy (non-hydrogen) atoms. The van der Waals surface area contributed by atoms with Crippen molar-refractivity contribution in [3.63, 3.8) is 0 Å². The van der Waals surface area contributed by atoms with Crippen LogP contribution in [0.25, 0.3) is 5.76 Å². The summed E-state index contributed by atoms with van der Waals surface area (Å²) in [5, 5.41) is 18.2. The molecule has 1 saturated carbocycles. The van der Waals surface area contributed by atoms with Crippen LogP contribution < -0.4 is 0 Å². The number of carbonyl (C=O) groups is 2. The minimum atomic E-state index is -0.642. The number of carbonyl (C=O) groups excluding carboxylic acids is 2. The summed E-state index contributed by atoms with van der Waals surface area (Å²) in [7, 11) is 0. The molecule has 0 amide bonds. The zero-order chi connectivity index (χ0) is 19.4. The molecule has 1 fully saturated rings. The predicted molar refractivity (Wildman–Crippen MR) is 94.7 cm³/mol. The fourth-order valence-electron chi connectivity index (χ4n) is 2.95. The van der Waals surface area contributed by atoms with Crippen molar-refractivity contribution < 1.29 is 18.7 Å². The van der Waals surface area contributed by atoms with Gasteiger partial charge in [-0.25, -0.2) is 0 Å². The molecule has 1 aliphatic rings. The van der Waals surface area contributed by atoms with Gasteiger partial charge in [0.05, 0.1) is 12.2 Å². The molecule has 0 aliphatic heterocycles. The number of hydrogen-bond donors (Lipinski definition) is 0. The standard InChI is InChI=1S/C21H16N2O4/c1-2-13-6-3-4-7-15(13)19(24)16-10-17(16)21(25)27-20(14(11-22)12-23)18-8-5-9-26-18/h3-9,16-17H,2,10H2,1H3/t16-,17-/m1/s1. The third-order valence-corrected chi connectivity index (χ3v) is 4.49. The lowest BCUT2D eigenvalue weighted by Gasteiger charge is -2.08. The molecular weight excluding hydrogens is 344 g/mol. The second-order valence-electron chi connectivity index (χ2n) is 6.15. The molecule has 0 spiro atoms. The van der Waals surface area contributed by atoms with Crippen LogP contribution in [0.3, 0.4) is 0 Å². The van der Waals surface area contributed by atoms with Crippen LogP contribution in [-0.2, 0) is 16.0 Å². The van der Waals surface area contributed by atoms with E-state index in [2.05, 4.69) is 0 Å². The van der Waals surface area contributed by atoms with Gasteiger partial charge in [-0.05, 0) is 30.5 Å². The fraction of sp³-hybridized carbons (Fsp3) is 0.238. The van der Waals surface area contributed by atoms with E-state index in [9.17, 15) is 9.59 Å². The zero-order valence-corrected chi connectivity index (χ0v) is 14.6. The van der Waals surface area contributed by atoms with Crippen molar-refractivity contribution >= 4 is 17.5 Å². The van der Waals surface area contributed by atoms with E-state index in [1.54, 1.807) is 30.3 Å². The first-order valence-corrected chi connectivity index (χ1v) is 8.52. The Morgan fingerprint density at radius 2 is 1.89 bits per heavy atom. The van der Waals surface area contributed by atoms with Crippen molar-refractivity contribution in [2.75, 3.05) is 0 Å². The summed E-state index contributed by atoms with van der Waals surface area (Å²) >= 11 is 0. The van der Waals surface area contributed by atoms with Crippen LogP contribution in [0.2, 0.25) is 0 Å². The average Bonchev–Trinajstić information content (AvgIpc) is 3.32. The van der Waals surface area contributed by atoms with Crippen LogP contribution in [0.1, 0.15) is 35.0 Å². The zero-order valence-electron chi connectivity index (χ0n) is 14.6. The summed E-state index contributed by atoms with van der Waals surface area (Å²) in [6.45, 7) is 1.97. The number of rotatable bonds is 6. The van der Waals surface area contributed by atoms with Gasteiger partial charge >= 0.3 is 5.97 Å². The number of nitrogens with zero attached hydrogens (tertiary/aromatic N) is 2. The predicted octanol–water partition coefficient (Wildman–Crippen LogP) is 3.66. The molecule has 2 aromatic rings. The SMILES string of the molecule is CCc1ccccc1C(=O)[C@@H]1C[C@H]1C(=O)OC(=C(C#N)C#N)c1ccco1. The van der Waals surface area contributed by atoms with E-state index >= 15 is 0 Å². The number of hydrogen-bond acceptors (Lipinski definition) is 6. The summed E-state index contributed by atoms with van der Waals surface area (Å²) in [6, 6.07) is 13.8. The summed E-state index contributed by atoms with van der Waals surface area (Å²) in [5.74, 6) is -1.87. The molecule has 6 heteroatoms. The van der Waals surface area contributed by atoms with Crippen LogP contribution in [0.5, 0.6) is 0 Å². The molecule has 2 atom stereocenters. The number of aryl methyl sites for hydroxylation is 1. The van der Waals surface area contributed by atoms with Gasteiger partial charge in [0.1, 0.15) is 12.1 Å². The molecule has 3 rings (SSSR count). The lowest BCUT2D eigenvalue weighted by Crippen LogP contribution is -2.13. The number of nitriles is 2. The van der Waals surface area contributed by atoms with Crippen molar-refractivity contribution in [3.05, 3.63) is 65.1 Å². The average molecular weight is 360 g/mol. The van der Waals surface area contributed by atoms with E-state index in [-0.39, 0.29) is 22.9 Å². The maximum Gasteiger partial charge on any atom is 0.315 e. The Morgan fingerprint density at radius 3 is 2.52 bits per heavy atom. The summed E-state index contributed by atoms with van der Waals surface area (Å²) < 4.78 is 10.4. The van der Waals surface area contributed by atoms with Crippen LogP contribution in [-0.4, -0.2) is 11.8 Å². The quantitative estimate of drug-likeness (QED) is 0.337. The van der Waals surface area contributed by atoms with Gasteiger partial charge < -0.3 is 9.15 Å². The maximum absolute atomic E-state index is 12.7. The molecular formula is C21H16N2O4. The first kappa shape index (κ1) is 18.2. The lowest BCUT2D eigenvalue weighted by atomic mass is 9.98. The number of Topliss-reactive ketones (excluding diaryl/α,β-unsaturated/α-hetero) is 1. The number of allylic oxidation sites excluding steroid dienone is 1. The van der Waals surface area contributed by atoms with Crippen LogP contribution >= 0.6 is 0 Å². The second-order valence-corrected chi connectivity index (χ2v) is 6.15. The minimum Gasteiger partial charge on any atom is -0.461 e. The molecule has 0 saturated heterocycles. The topological polar surface area (TPSA) is 104 Å². The minimum absolute atomic E-state index is 0.0845. The highest BCUT2D eigenvalue weighted by Gasteiger charge is 2.50. The van der Waals surface area contributed by atoms with E-state index < -0.39 is 17.8 Å². The normalized spacial score (nSPS) is 17.3. The van der Waals surface area contributed by atoms with Gasteiger partial charge in [0.2, 0.25) is 5.76 Å². The van der Waals surface area contributed by atoms with Gasteiger partial charge in [0, 0.05) is 11.5 Å². The van der Waals surface area contributed by atoms with Crippen molar-refractivity contribution in [2.45, 2.75) is 19.8 Å². The van der Waals surface area contributed by atoms with Crippen LogP contribution in [0, 0.1) is 34.5 Å². The first-order valence-electron chi connectivity index (χ1n) is 8.52. The summed E-state index contributed by atoms with van der Waals surface area (Å²) in [4.78, 5) is 25.2. The molecule has 1 heterocycles. The number of furan rings is 1. The number of ketones is 1. The van der Waals surface area contributed by atoms with Gasteiger partial charge in [-0.1, -0.05) is 31.2 Å². The Labute approximate surface area is 156 Å². The van der Waals surface area contributed by atoms with Crippen molar-refractivity contribution in [3.8, 4) is 12.1 Å². The van der Waals surface area contributed by atoms with E-state index in [0.29, 0.717) is 12.0 Å². The second kappa shape index (κ2) is 7.72. The molecule has 1 aromatic heterocycles. The number of benzene rings is 1. The summed E-state index contributed by atoms with van der Waals surface area (Å²) in [5.41, 5.74) is 1.20. The highest BCUT2D eigenvalue weighted by molar-refractivity contribution is 6.04. The molecule has 1 aliphatic carbocycles. The molecule has 0 unspecified atom stereocenters. The third kappa shape index (κ3) is 3.65. The van der Waals surface area contributed by atoms with Gasteiger partial charge in [-0.15, -0.1) is 0 Å². The molecule has 0 bridgehead atoms. The molecule has 0 N–H and O–H groups in total. The monoisotopic (exact) mass is 360 g/mol. The Kier molecular flexibility index (Phi) is 5.19. The Balaban J connectivity index is 1.76. The van der Waals surface area contributed by atoms with Crippen LogP contribution in [0.15, 0.2) is 52.7 Å². The van der Waals surface area contributed by atoms with Crippen molar-refractivity contribution in [1.82, 2.24) is 0 Å². The number of ether oxygens (including phenoxy) is 1. The van der Waals surface area contributed by atoms with E-state index in [1.165, 1.54) is 12.3 Å². The van der Waals surface area contributed by atoms with Gasteiger partial charge in [0.25, 0.3) is 0 Å². The van der Waals surface area contributed by atoms with Gasteiger partial charge in [-0.3, -0.25) is 9.59 Å². The largest absolute Gasteiger partial charge is 0.461 e. The van der Waals surface area contributed by atoms with E-state index in [1.807, 2.05) is 19.1 Å². The molecule has 6 nitrogen and oxygen atoms in total. The van der Waals surface area contributed by atoms with Crippen molar-refractivity contribution in [1.29, 1.82) is 10.5 Å². The van der Waals surface area contributed by atoms with Gasteiger partial charge in [-0.2, -0.15) is 10.5 Å². The van der Waals surface area contributed by atoms with E-state index in [4.69, 9.17) is 19.7 Å². The number of esters is 1. The van der Waals surface area contributed by atoms with E-state index in [0.717, 1.165) is 12.0 Å². The Bertz CT molecular complexity index is 974. The fourth-order valence-corrected chi connectivity index (χ4v) is 2.95. The highest BCUT2D eigenvalue weighted by Crippen LogP contribution is 2.43. The Hall–Kier alpha value is -3.64. The van der Waals surface area contributed by atoms with Crippen molar-refractivity contribution in [2.24, 2.45) is 11.8 Å².